The van der Waals surface area contributed by atoms with Crippen LogP contribution in [0.25, 0.3) is 11.0 Å². The minimum atomic E-state index is -4.57. The summed E-state index contributed by atoms with van der Waals surface area (Å²) >= 11 is 0. The lowest BCUT2D eigenvalue weighted by Gasteiger charge is -2.10. The topological polar surface area (TPSA) is 77.6 Å². The van der Waals surface area contributed by atoms with Gasteiger partial charge in [-0.1, -0.05) is 18.2 Å². The van der Waals surface area contributed by atoms with Crippen molar-refractivity contribution in [3.05, 3.63) is 70.9 Å². The van der Waals surface area contributed by atoms with E-state index in [1.165, 1.54) is 30.7 Å². The summed E-state index contributed by atoms with van der Waals surface area (Å²) in [4.78, 5) is 16.6. The fraction of sp³-hybridized carbons (Fsp3) is 0.238. The largest absolute Gasteiger partial charge is 0.417 e. The van der Waals surface area contributed by atoms with Crippen LogP contribution >= 0.6 is 0 Å². The highest BCUT2D eigenvalue weighted by Crippen LogP contribution is 2.36. The van der Waals surface area contributed by atoms with Crippen molar-refractivity contribution < 1.29 is 22.4 Å². The zero-order valence-corrected chi connectivity index (χ0v) is 17.1. The molecule has 166 valence electrons. The SMILES string of the molecule is Cc1cc(C(F)(F)F)c2c(C)nn(CC(=O)Nc3ccn(Cc4ccccc4F)n3)c2n1. The van der Waals surface area contributed by atoms with Crippen molar-refractivity contribution in [1.29, 1.82) is 0 Å². The highest BCUT2D eigenvalue weighted by Gasteiger charge is 2.35. The van der Waals surface area contributed by atoms with Gasteiger partial charge in [-0.3, -0.25) is 9.48 Å². The summed E-state index contributed by atoms with van der Waals surface area (Å²) in [6.07, 6.45) is -2.99. The number of aryl methyl sites for hydroxylation is 2. The number of anilines is 1. The summed E-state index contributed by atoms with van der Waals surface area (Å²) in [7, 11) is 0. The van der Waals surface area contributed by atoms with E-state index in [0.29, 0.717) is 5.56 Å². The first kappa shape index (κ1) is 21.5. The number of hydrogen-bond acceptors (Lipinski definition) is 4. The molecule has 0 saturated carbocycles. The van der Waals surface area contributed by atoms with Crippen molar-refractivity contribution in [2.45, 2.75) is 33.1 Å². The van der Waals surface area contributed by atoms with Gasteiger partial charge < -0.3 is 5.32 Å². The van der Waals surface area contributed by atoms with Gasteiger partial charge in [-0.2, -0.15) is 23.4 Å². The van der Waals surface area contributed by atoms with Gasteiger partial charge in [0, 0.05) is 23.5 Å². The molecule has 7 nitrogen and oxygen atoms in total. The Morgan fingerprint density at radius 2 is 1.88 bits per heavy atom. The van der Waals surface area contributed by atoms with Crippen molar-refractivity contribution >= 4 is 22.8 Å². The number of hydrogen-bond donors (Lipinski definition) is 1. The van der Waals surface area contributed by atoms with Gasteiger partial charge in [-0.05, 0) is 26.0 Å². The lowest BCUT2D eigenvalue weighted by atomic mass is 10.1. The molecule has 0 saturated heterocycles. The third-order valence-electron chi connectivity index (χ3n) is 4.80. The second-order valence-corrected chi connectivity index (χ2v) is 7.29. The number of pyridine rings is 1. The second-order valence-electron chi connectivity index (χ2n) is 7.29. The van der Waals surface area contributed by atoms with Crippen LogP contribution in [-0.2, 0) is 24.1 Å². The van der Waals surface area contributed by atoms with Crippen molar-refractivity contribution in [2.75, 3.05) is 5.32 Å². The molecule has 4 rings (SSSR count). The summed E-state index contributed by atoms with van der Waals surface area (Å²) in [5.41, 5.74) is -0.125. The maximum Gasteiger partial charge on any atom is 0.417 e. The van der Waals surface area contributed by atoms with Crippen LogP contribution < -0.4 is 5.32 Å². The summed E-state index contributed by atoms with van der Waals surface area (Å²) < 4.78 is 56.7. The molecular weight excluding hydrogens is 428 g/mol. The molecule has 0 spiro atoms. The number of alkyl halides is 3. The van der Waals surface area contributed by atoms with Crippen LogP contribution in [0.3, 0.4) is 0 Å². The number of nitrogens with zero attached hydrogens (tertiary/aromatic N) is 5. The molecule has 0 atom stereocenters. The van der Waals surface area contributed by atoms with Gasteiger partial charge in [0.15, 0.2) is 11.5 Å². The molecule has 1 aromatic carbocycles. The molecule has 3 heterocycles. The summed E-state index contributed by atoms with van der Waals surface area (Å²) in [5, 5.41) is 10.7. The fourth-order valence-corrected chi connectivity index (χ4v) is 3.45. The number of amides is 1. The van der Waals surface area contributed by atoms with Crippen molar-refractivity contribution in [1.82, 2.24) is 24.5 Å². The standard InChI is InChI=1S/C21H18F4N6O/c1-12-9-15(21(23,24)25)19-13(2)28-31(20(19)26-12)11-18(32)27-17-7-8-30(29-17)10-14-5-3-4-6-16(14)22/h3-9H,10-11H2,1-2H3,(H,27,29,32). The zero-order chi connectivity index (χ0) is 23.0. The molecule has 0 aliphatic carbocycles. The minimum Gasteiger partial charge on any atom is -0.308 e. The summed E-state index contributed by atoms with van der Waals surface area (Å²) in [5.74, 6) is -0.683. The van der Waals surface area contributed by atoms with Crippen LogP contribution in [0, 0.1) is 19.7 Å². The van der Waals surface area contributed by atoms with Crippen LogP contribution in [0.5, 0.6) is 0 Å². The first-order chi connectivity index (χ1) is 15.1. The number of aromatic nitrogens is 5. The van der Waals surface area contributed by atoms with Gasteiger partial charge in [0.1, 0.15) is 12.4 Å². The quantitative estimate of drug-likeness (QED) is 0.469. The number of rotatable bonds is 5. The average Bonchev–Trinajstić information content (AvgIpc) is 3.26. The molecule has 1 amide bonds. The number of fused-ring (bicyclic) bond motifs is 1. The molecule has 0 radical (unpaired) electrons. The summed E-state index contributed by atoms with van der Waals surface area (Å²) in [6, 6.07) is 8.77. The van der Waals surface area contributed by atoms with Crippen LogP contribution in [-0.4, -0.2) is 30.5 Å². The third-order valence-corrected chi connectivity index (χ3v) is 4.80. The van der Waals surface area contributed by atoms with E-state index in [2.05, 4.69) is 20.5 Å². The lowest BCUT2D eigenvalue weighted by molar-refractivity contribution is -0.136. The van der Waals surface area contributed by atoms with E-state index >= 15 is 0 Å². The Kier molecular flexibility index (Phi) is 5.41. The van der Waals surface area contributed by atoms with Crippen LogP contribution in [0.4, 0.5) is 23.4 Å². The number of benzene rings is 1. The second kappa shape index (κ2) is 8.06. The summed E-state index contributed by atoms with van der Waals surface area (Å²) in [6.45, 7) is 2.71. The Morgan fingerprint density at radius 1 is 1.12 bits per heavy atom. The van der Waals surface area contributed by atoms with E-state index in [9.17, 15) is 22.4 Å². The first-order valence-electron chi connectivity index (χ1n) is 9.60. The van der Waals surface area contributed by atoms with E-state index < -0.39 is 17.6 Å². The van der Waals surface area contributed by atoms with Gasteiger partial charge >= 0.3 is 6.18 Å². The maximum absolute atomic E-state index is 13.8. The molecule has 0 aliphatic heterocycles. The van der Waals surface area contributed by atoms with Crippen molar-refractivity contribution in [2.24, 2.45) is 0 Å². The van der Waals surface area contributed by atoms with Gasteiger partial charge in [-0.15, -0.1) is 0 Å². The zero-order valence-electron chi connectivity index (χ0n) is 17.1. The van der Waals surface area contributed by atoms with Gasteiger partial charge in [0.05, 0.1) is 23.2 Å². The Bertz CT molecular complexity index is 1310. The van der Waals surface area contributed by atoms with E-state index in [1.54, 1.807) is 24.4 Å². The van der Waals surface area contributed by atoms with Crippen LogP contribution in [0.2, 0.25) is 0 Å². The fourth-order valence-electron chi connectivity index (χ4n) is 3.45. The van der Waals surface area contributed by atoms with Gasteiger partial charge in [0.25, 0.3) is 0 Å². The van der Waals surface area contributed by atoms with Gasteiger partial charge in [-0.25, -0.2) is 14.1 Å². The van der Waals surface area contributed by atoms with Crippen molar-refractivity contribution in [3.8, 4) is 0 Å². The molecule has 0 unspecified atom stereocenters. The Morgan fingerprint density at radius 3 is 2.59 bits per heavy atom. The smallest absolute Gasteiger partial charge is 0.308 e. The number of halogens is 4. The molecular formula is C21H18F4N6O. The van der Waals surface area contributed by atoms with Gasteiger partial charge in [0.2, 0.25) is 5.91 Å². The maximum atomic E-state index is 13.8. The predicted octanol–water partition coefficient (Wildman–Crippen LogP) is 4.09. The van der Waals surface area contributed by atoms with Crippen LogP contribution in [0.1, 0.15) is 22.5 Å². The van der Waals surface area contributed by atoms with E-state index in [0.717, 1.165) is 10.7 Å². The molecule has 0 bridgehead atoms. The number of carbonyl (C=O) groups excluding carboxylic acids is 1. The predicted molar refractivity (Wildman–Crippen MR) is 108 cm³/mol. The molecule has 3 aromatic heterocycles. The first-order valence-corrected chi connectivity index (χ1v) is 9.60. The molecule has 32 heavy (non-hydrogen) atoms. The molecule has 0 aliphatic rings. The van der Waals surface area contributed by atoms with E-state index in [1.807, 2.05) is 0 Å². The minimum absolute atomic E-state index is 0.0185. The lowest BCUT2D eigenvalue weighted by Crippen LogP contribution is -2.20. The Hall–Kier alpha value is -3.76. The highest BCUT2D eigenvalue weighted by molar-refractivity contribution is 5.91. The molecule has 4 aromatic rings. The Labute approximate surface area is 179 Å². The van der Waals surface area contributed by atoms with Crippen LogP contribution in [0.15, 0.2) is 42.6 Å². The van der Waals surface area contributed by atoms with E-state index in [-0.39, 0.29) is 47.1 Å². The number of carbonyl (C=O) groups is 1. The van der Waals surface area contributed by atoms with E-state index in [4.69, 9.17) is 0 Å². The highest BCUT2D eigenvalue weighted by atomic mass is 19.4. The third kappa shape index (κ3) is 4.32. The molecule has 0 fully saturated rings. The Balaban J connectivity index is 1.52. The average molecular weight is 446 g/mol. The normalized spacial score (nSPS) is 11.8. The van der Waals surface area contributed by atoms with Crippen molar-refractivity contribution in [3.63, 3.8) is 0 Å². The molecule has 1 N–H and O–H groups in total. The number of nitrogens with one attached hydrogen (secondary N) is 1. The monoisotopic (exact) mass is 446 g/mol. The molecule has 11 heteroatoms.